The zero-order valence-electron chi connectivity index (χ0n) is 7.96. The van der Waals surface area contributed by atoms with E-state index in [1.165, 1.54) is 28.4 Å². The minimum Gasteiger partial charge on any atom is -0.308 e. The van der Waals surface area contributed by atoms with Crippen molar-refractivity contribution in [2.24, 2.45) is 0 Å². The number of aryl methyl sites for hydroxylation is 2. The second-order valence-electron chi connectivity index (χ2n) is 3.34. The van der Waals surface area contributed by atoms with Crippen LogP contribution in [0.15, 0.2) is 0 Å². The summed E-state index contributed by atoms with van der Waals surface area (Å²) in [5, 5.41) is 4.74. The van der Waals surface area contributed by atoms with Crippen LogP contribution in [0, 0.1) is 13.8 Å². The monoisotopic (exact) mass is 218 g/mol. The van der Waals surface area contributed by atoms with Crippen LogP contribution < -0.4 is 5.32 Å². The molecule has 0 amide bonds. The molecule has 2 heterocycles. The van der Waals surface area contributed by atoms with Gasteiger partial charge < -0.3 is 5.32 Å². The molecule has 0 unspecified atom stereocenters. The molecule has 1 aromatic heterocycles. The second kappa shape index (κ2) is 4.40. The van der Waals surface area contributed by atoms with E-state index in [-0.39, 0.29) is 12.4 Å². The Bertz CT molecular complexity index is 260. The van der Waals surface area contributed by atoms with Crippen LogP contribution in [0.5, 0.6) is 0 Å². The number of hydrogen-bond donors (Lipinski definition) is 1. The van der Waals surface area contributed by atoms with Gasteiger partial charge in [-0.3, -0.25) is 0 Å². The molecule has 1 aliphatic rings. The van der Waals surface area contributed by atoms with E-state index in [2.05, 4.69) is 24.1 Å². The molecular formula is C9H15ClN2S. The lowest BCUT2D eigenvalue weighted by Crippen LogP contribution is -2.12. The predicted octanol–water partition coefficient (Wildman–Crippen LogP) is 2.61. The zero-order chi connectivity index (χ0) is 8.55. The molecule has 0 aliphatic carbocycles. The van der Waals surface area contributed by atoms with Crippen molar-refractivity contribution in [2.45, 2.75) is 32.7 Å². The average Bonchev–Trinajstić information content (AvgIpc) is 2.61. The first-order valence-corrected chi connectivity index (χ1v) is 5.26. The minimum atomic E-state index is 0. The van der Waals surface area contributed by atoms with Crippen molar-refractivity contribution in [3.63, 3.8) is 0 Å². The Kier molecular flexibility index (Phi) is 3.71. The molecule has 1 N–H and O–H groups in total. The van der Waals surface area contributed by atoms with Crippen LogP contribution in [-0.4, -0.2) is 11.5 Å². The fourth-order valence-corrected chi connectivity index (χ4v) is 2.57. The van der Waals surface area contributed by atoms with Crippen LogP contribution in [0.25, 0.3) is 0 Å². The summed E-state index contributed by atoms with van der Waals surface area (Å²) in [6, 6.07) is 0.544. The molecule has 0 aromatic carbocycles. The first-order valence-electron chi connectivity index (χ1n) is 4.44. The molecule has 1 aromatic rings. The van der Waals surface area contributed by atoms with E-state index in [9.17, 15) is 0 Å². The number of rotatable bonds is 1. The van der Waals surface area contributed by atoms with Gasteiger partial charge in [0, 0.05) is 4.88 Å². The van der Waals surface area contributed by atoms with Gasteiger partial charge >= 0.3 is 0 Å². The third-order valence-electron chi connectivity index (χ3n) is 2.40. The summed E-state index contributed by atoms with van der Waals surface area (Å²) in [6.45, 7) is 5.39. The van der Waals surface area contributed by atoms with E-state index in [0.717, 1.165) is 6.54 Å². The van der Waals surface area contributed by atoms with Gasteiger partial charge in [-0.1, -0.05) is 0 Å². The van der Waals surface area contributed by atoms with Gasteiger partial charge in [-0.15, -0.1) is 23.7 Å². The summed E-state index contributed by atoms with van der Waals surface area (Å²) in [6.07, 6.45) is 2.55. The Balaban J connectivity index is 0.000000845. The summed E-state index contributed by atoms with van der Waals surface area (Å²) in [7, 11) is 0. The van der Waals surface area contributed by atoms with Gasteiger partial charge in [-0.05, 0) is 33.2 Å². The molecule has 1 aliphatic heterocycles. The van der Waals surface area contributed by atoms with Crippen molar-refractivity contribution in [3.05, 3.63) is 15.6 Å². The molecular weight excluding hydrogens is 204 g/mol. The largest absolute Gasteiger partial charge is 0.308 e. The Labute approximate surface area is 89.2 Å². The quantitative estimate of drug-likeness (QED) is 0.784. The smallest absolute Gasteiger partial charge is 0.110 e. The topological polar surface area (TPSA) is 24.9 Å². The standard InChI is InChI=1S/C9H14N2S.ClH/c1-6-7(2)12-9(11-6)8-4-3-5-10-8;/h8,10H,3-5H2,1-2H3;1H/t8-;/m1./s1. The Morgan fingerprint density at radius 1 is 1.46 bits per heavy atom. The number of nitrogens with one attached hydrogen (secondary N) is 1. The summed E-state index contributed by atoms with van der Waals surface area (Å²) in [5.41, 5.74) is 1.20. The molecule has 0 radical (unpaired) electrons. The Hall–Kier alpha value is -0.120. The van der Waals surface area contributed by atoms with Crippen LogP contribution in [0.4, 0.5) is 0 Å². The second-order valence-corrected chi connectivity index (χ2v) is 4.58. The van der Waals surface area contributed by atoms with Crippen molar-refractivity contribution >= 4 is 23.7 Å². The Morgan fingerprint density at radius 2 is 2.23 bits per heavy atom. The van der Waals surface area contributed by atoms with E-state index in [4.69, 9.17) is 0 Å². The van der Waals surface area contributed by atoms with Crippen molar-refractivity contribution in [1.82, 2.24) is 10.3 Å². The summed E-state index contributed by atoms with van der Waals surface area (Å²) >= 11 is 1.84. The molecule has 0 bridgehead atoms. The van der Waals surface area contributed by atoms with Gasteiger partial charge in [-0.25, -0.2) is 4.98 Å². The van der Waals surface area contributed by atoms with Crippen LogP contribution in [0.3, 0.4) is 0 Å². The number of aromatic nitrogens is 1. The normalized spacial score (nSPS) is 21.5. The number of halogens is 1. The average molecular weight is 219 g/mol. The van der Waals surface area contributed by atoms with E-state index in [0.29, 0.717) is 6.04 Å². The van der Waals surface area contributed by atoms with E-state index >= 15 is 0 Å². The fraction of sp³-hybridized carbons (Fsp3) is 0.667. The first kappa shape index (κ1) is 11.0. The number of hydrogen-bond acceptors (Lipinski definition) is 3. The Morgan fingerprint density at radius 3 is 2.69 bits per heavy atom. The number of thiazole rings is 1. The maximum atomic E-state index is 4.55. The van der Waals surface area contributed by atoms with Crippen molar-refractivity contribution < 1.29 is 0 Å². The van der Waals surface area contributed by atoms with Gasteiger partial charge in [0.1, 0.15) is 5.01 Å². The van der Waals surface area contributed by atoms with Crippen LogP contribution in [-0.2, 0) is 0 Å². The summed E-state index contributed by atoms with van der Waals surface area (Å²) in [4.78, 5) is 5.91. The molecule has 1 saturated heterocycles. The molecule has 4 heteroatoms. The van der Waals surface area contributed by atoms with Crippen molar-refractivity contribution in [1.29, 1.82) is 0 Å². The minimum absolute atomic E-state index is 0. The lowest BCUT2D eigenvalue weighted by molar-refractivity contribution is 0.641. The van der Waals surface area contributed by atoms with Crippen molar-refractivity contribution in [3.8, 4) is 0 Å². The maximum absolute atomic E-state index is 4.55. The molecule has 1 fully saturated rings. The molecule has 1 atom stereocenters. The lowest BCUT2D eigenvalue weighted by atomic mass is 10.2. The lowest BCUT2D eigenvalue weighted by Gasteiger charge is -2.03. The van der Waals surface area contributed by atoms with Crippen LogP contribution >= 0.6 is 23.7 Å². The molecule has 0 spiro atoms. The van der Waals surface area contributed by atoms with Gasteiger partial charge in [0.15, 0.2) is 0 Å². The van der Waals surface area contributed by atoms with Crippen LogP contribution in [0.2, 0.25) is 0 Å². The predicted molar refractivity (Wildman–Crippen MR) is 58.8 cm³/mol. The molecule has 0 saturated carbocycles. The van der Waals surface area contributed by atoms with E-state index in [1.54, 1.807) is 0 Å². The third kappa shape index (κ3) is 2.22. The highest BCUT2D eigenvalue weighted by atomic mass is 35.5. The SMILES string of the molecule is Cc1nc([C@H]2CCCN2)sc1C.Cl. The highest BCUT2D eigenvalue weighted by Crippen LogP contribution is 2.28. The first-order chi connectivity index (χ1) is 5.77. The van der Waals surface area contributed by atoms with E-state index in [1.807, 2.05) is 11.3 Å². The fourth-order valence-electron chi connectivity index (χ4n) is 1.54. The van der Waals surface area contributed by atoms with Crippen molar-refractivity contribution in [2.75, 3.05) is 6.54 Å². The van der Waals surface area contributed by atoms with Gasteiger partial charge in [0.25, 0.3) is 0 Å². The third-order valence-corrected chi connectivity index (χ3v) is 3.59. The van der Waals surface area contributed by atoms with Gasteiger partial charge in [-0.2, -0.15) is 0 Å². The zero-order valence-corrected chi connectivity index (χ0v) is 9.60. The molecule has 13 heavy (non-hydrogen) atoms. The summed E-state index contributed by atoms with van der Waals surface area (Å²) < 4.78 is 0. The summed E-state index contributed by atoms with van der Waals surface area (Å²) in [5.74, 6) is 0. The van der Waals surface area contributed by atoms with Gasteiger partial charge in [0.05, 0.1) is 11.7 Å². The van der Waals surface area contributed by atoms with Crippen LogP contribution in [0.1, 0.15) is 34.5 Å². The maximum Gasteiger partial charge on any atom is 0.110 e. The highest BCUT2D eigenvalue weighted by molar-refractivity contribution is 7.11. The molecule has 2 rings (SSSR count). The molecule has 2 nitrogen and oxygen atoms in total. The van der Waals surface area contributed by atoms with E-state index < -0.39 is 0 Å². The number of nitrogens with zero attached hydrogens (tertiary/aromatic N) is 1. The molecule has 74 valence electrons. The highest BCUT2D eigenvalue weighted by Gasteiger charge is 2.19. The van der Waals surface area contributed by atoms with Gasteiger partial charge in [0.2, 0.25) is 0 Å².